The lowest BCUT2D eigenvalue weighted by Gasteiger charge is -2.15. The fraction of sp³-hybridized carbons (Fsp3) is 0.333. The summed E-state index contributed by atoms with van der Waals surface area (Å²) in [4.78, 5) is 16.4. The zero-order valence-corrected chi connectivity index (χ0v) is 20.9. The van der Waals surface area contributed by atoms with E-state index in [9.17, 15) is 4.79 Å². The quantitative estimate of drug-likeness (QED) is 0.214. The highest BCUT2D eigenvalue weighted by Gasteiger charge is 2.22. The van der Waals surface area contributed by atoms with Gasteiger partial charge in [-0.25, -0.2) is 0 Å². The number of terminal acetylenes is 1. The summed E-state index contributed by atoms with van der Waals surface area (Å²) in [5.41, 5.74) is 3.49. The molecule has 0 saturated heterocycles. The first-order valence-electron chi connectivity index (χ1n) is 10.3. The Kier molecular flexibility index (Phi) is 9.65. The van der Waals surface area contributed by atoms with E-state index in [1.807, 2.05) is 19.1 Å². The molecule has 0 aromatic heterocycles. The minimum atomic E-state index is -0.202. The van der Waals surface area contributed by atoms with Gasteiger partial charge in [-0.15, -0.1) is 30.4 Å². The van der Waals surface area contributed by atoms with Crippen LogP contribution < -0.4 is 25.4 Å². The van der Waals surface area contributed by atoms with Gasteiger partial charge < -0.3 is 25.4 Å². The van der Waals surface area contributed by atoms with E-state index in [1.54, 1.807) is 31.3 Å². The van der Waals surface area contributed by atoms with Crippen molar-refractivity contribution in [3.05, 3.63) is 53.1 Å². The molecule has 0 bridgehead atoms. The predicted octanol–water partition coefficient (Wildman–Crippen LogP) is 3.31. The molecule has 0 radical (unpaired) electrons. The molecule has 0 spiro atoms. The largest absolute Gasteiger partial charge is 0.494 e. The Labute approximate surface area is 206 Å². The number of aliphatic imine (C=N–C) groups is 1. The number of fused-ring (bicyclic) bond motifs is 1. The monoisotopic (exact) mass is 548 g/mol. The van der Waals surface area contributed by atoms with Crippen molar-refractivity contribution in [2.45, 2.75) is 32.9 Å². The number of halogens is 1. The van der Waals surface area contributed by atoms with Crippen LogP contribution in [0.1, 0.15) is 30.5 Å². The number of carbonyl (C=O) groups is 1. The number of guanidine groups is 1. The summed E-state index contributed by atoms with van der Waals surface area (Å²) in [6.45, 7) is 5.13. The Morgan fingerprint density at radius 3 is 2.84 bits per heavy atom. The number of hydrogen-bond acceptors (Lipinski definition) is 4. The second-order valence-electron chi connectivity index (χ2n) is 7.19. The van der Waals surface area contributed by atoms with Gasteiger partial charge >= 0.3 is 0 Å². The van der Waals surface area contributed by atoms with Crippen molar-refractivity contribution in [3.8, 4) is 23.8 Å². The SMILES string of the molecule is C#Cc1cccc(NC(=O)CNC(=NC)NCc2cc3c(cc2OCC)CC(C)O3)c1.I. The standard InChI is InChI=1S/C24H28N4O3.HI/c1-5-17-8-7-9-20(11-17)28-23(29)15-27-24(25-4)26-14-19-13-22-18(10-16(3)31-22)12-21(19)30-6-2;/h1,7-9,11-13,16H,6,10,14-15H2,2-4H3,(H,28,29)(H2,25,26,27);1H. The zero-order chi connectivity index (χ0) is 22.2. The van der Waals surface area contributed by atoms with E-state index in [4.69, 9.17) is 15.9 Å². The van der Waals surface area contributed by atoms with Crippen LogP contribution in [0.3, 0.4) is 0 Å². The fourth-order valence-electron chi connectivity index (χ4n) is 3.36. The normalized spacial score (nSPS) is 14.3. The van der Waals surface area contributed by atoms with Crippen LogP contribution in [0, 0.1) is 12.3 Å². The summed E-state index contributed by atoms with van der Waals surface area (Å²) >= 11 is 0. The van der Waals surface area contributed by atoms with Crippen molar-refractivity contribution in [3.63, 3.8) is 0 Å². The van der Waals surface area contributed by atoms with E-state index < -0.39 is 0 Å². The number of rotatable bonds is 7. The Balaban J connectivity index is 0.00000363. The molecule has 1 heterocycles. The first-order chi connectivity index (χ1) is 15.0. The predicted molar refractivity (Wildman–Crippen MR) is 138 cm³/mol. The Morgan fingerprint density at radius 2 is 2.12 bits per heavy atom. The maximum atomic E-state index is 12.3. The third kappa shape index (κ3) is 6.79. The number of nitrogens with zero attached hydrogens (tertiary/aromatic N) is 1. The van der Waals surface area contributed by atoms with Gasteiger partial charge in [0.05, 0.1) is 13.2 Å². The van der Waals surface area contributed by atoms with Crippen LogP contribution in [0.15, 0.2) is 41.4 Å². The maximum absolute atomic E-state index is 12.3. The van der Waals surface area contributed by atoms with E-state index >= 15 is 0 Å². The van der Waals surface area contributed by atoms with Gasteiger partial charge in [0, 0.05) is 42.4 Å². The summed E-state index contributed by atoms with van der Waals surface area (Å²) in [6.07, 6.45) is 6.45. The van der Waals surface area contributed by atoms with Gasteiger partial charge in [0.2, 0.25) is 5.91 Å². The second-order valence-corrected chi connectivity index (χ2v) is 7.19. The zero-order valence-electron chi connectivity index (χ0n) is 18.5. The molecule has 1 aliphatic heterocycles. The lowest BCUT2D eigenvalue weighted by molar-refractivity contribution is -0.115. The molecular weight excluding hydrogens is 519 g/mol. The van der Waals surface area contributed by atoms with Crippen molar-refractivity contribution in [1.82, 2.24) is 10.6 Å². The highest BCUT2D eigenvalue weighted by molar-refractivity contribution is 14.0. The number of amides is 1. The van der Waals surface area contributed by atoms with Crippen molar-refractivity contribution < 1.29 is 14.3 Å². The van der Waals surface area contributed by atoms with Crippen LogP contribution in [0.5, 0.6) is 11.5 Å². The van der Waals surface area contributed by atoms with E-state index in [-0.39, 0.29) is 42.5 Å². The molecule has 7 nitrogen and oxygen atoms in total. The minimum absolute atomic E-state index is 0. The molecular formula is C24H29IN4O3. The average molecular weight is 548 g/mol. The van der Waals surface area contributed by atoms with Crippen molar-refractivity contribution in [2.24, 2.45) is 4.99 Å². The second kappa shape index (κ2) is 12.2. The van der Waals surface area contributed by atoms with Crippen molar-refractivity contribution >= 4 is 41.5 Å². The van der Waals surface area contributed by atoms with E-state index in [0.29, 0.717) is 30.4 Å². The molecule has 0 saturated carbocycles. The van der Waals surface area contributed by atoms with Crippen molar-refractivity contribution in [2.75, 3.05) is 25.5 Å². The lowest BCUT2D eigenvalue weighted by atomic mass is 10.1. The highest BCUT2D eigenvalue weighted by atomic mass is 127. The van der Waals surface area contributed by atoms with Crippen molar-refractivity contribution in [1.29, 1.82) is 0 Å². The summed E-state index contributed by atoms with van der Waals surface area (Å²) in [5.74, 6) is 4.57. The number of carbonyl (C=O) groups excluding carboxylic acids is 1. The van der Waals surface area contributed by atoms with Crippen LogP contribution in [-0.4, -0.2) is 38.2 Å². The molecule has 1 atom stereocenters. The van der Waals surface area contributed by atoms with Gasteiger partial charge in [0.15, 0.2) is 5.96 Å². The molecule has 1 unspecified atom stereocenters. The average Bonchev–Trinajstić information content (AvgIpc) is 3.12. The fourth-order valence-corrected chi connectivity index (χ4v) is 3.36. The highest BCUT2D eigenvalue weighted by Crippen LogP contribution is 2.35. The van der Waals surface area contributed by atoms with Gasteiger partial charge in [0.25, 0.3) is 0 Å². The molecule has 32 heavy (non-hydrogen) atoms. The molecule has 3 rings (SSSR count). The minimum Gasteiger partial charge on any atom is -0.494 e. The molecule has 2 aromatic carbocycles. The molecule has 0 fully saturated rings. The van der Waals surface area contributed by atoms with Gasteiger partial charge in [-0.3, -0.25) is 9.79 Å². The Hall–Kier alpha value is -2.93. The van der Waals surface area contributed by atoms with Gasteiger partial charge in [-0.1, -0.05) is 12.0 Å². The topological polar surface area (TPSA) is 84.0 Å². The summed E-state index contributed by atoms with van der Waals surface area (Å²) in [6, 6.07) is 11.2. The van der Waals surface area contributed by atoms with Crippen LogP contribution in [0.4, 0.5) is 5.69 Å². The van der Waals surface area contributed by atoms with Gasteiger partial charge in [-0.05, 0) is 44.2 Å². The van der Waals surface area contributed by atoms with Crippen LogP contribution in [-0.2, 0) is 17.8 Å². The first kappa shape index (κ1) is 25.3. The van der Waals surface area contributed by atoms with Gasteiger partial charge in [0.1, 0.15) is 17.6 Å². The van der Waals surface area contributed by atoms with E-state index in [0.717, 1.165) is 29.0 Å². The summed E-state index contributed by atoms with van der Waals surface area (Å²) in [5, 5.41) is 9.05. The maximum Gasteiger partial charge on any atom is 0.243 e. The summed E-state index contributed by atoms with van der Waals surface area (Å²) in [7, 11) is 1.65. The Morgan fingerprint density at radius 1 is 1.31 bits per heavy atom. The molecule has 2 aromatic rings. The number of anilines is 1. The van der Waals surface area contributed by atoms with Crippen LogP contribution in [0.25, 0.3) is 0 Å². The molecule has 1 aliphatic rings. The van der Waals surface area contributed by atoms with E-state index in [2.05, 4.69) is 33.8 Å². The van der Waals surface area contributed by atoms with Crippen LogP contribution in [0.2, 0.25) is 0 Å². The molecule has 3 N–H and O–H groups in total. The Bertz CT molecular complexity index is 1020. The number of benzene rings is 2. The van der Waals surface area contributed by atoms with Crippen LogP contribution >= 0.6 is 24.0 Å². The smallest absolute Gasteiger partial charge is 0.243 e. The third-order valence-electron chi connectivity index (χ3n) is 4.78. The number of hydrogen-bond donors (Lipinski definition) is 3. The number of nitrogens with one attached hydrogen (secondary N) is 3. The van der Waals surface area contributed by atoms with E-state index in [1.165, 1.54) is 0 Å². The molecule has 8 heteroatoms. The third-order valence-corrected chi connectivity index (χ3v) is 4.78. The lowest BCUT2D eigenvalue weighted by Crippen LogP contribution is -2.41. The summed E-state index contributed by atoms with van der Waals surface area (Å²) < 4.78 is 11.7. The molecule has 170 valence electrons. The van der Waals surface area contributed by atoms with Gasteiger partial charge in [-0.2, -0.15) is 0 Å². The number of ether oxygens (including phenoxy) is 2. The molecule has 0 aliphatic carbocycles. The molecule has 1 amide bonds. The first-order valence-corrected chi connectivity index (χ1v) is 10.3.